The van der Waals surface area contributed by atoms with E-state index >= 15 is 0 Å². The number of aryl methyl sites for hydroxylation is 1. The standard InChI is InChI=1S/C21H21F3N4O2S/c1-13-10-18(29)19(20(30)25-11-17(27(2)3)14-8-9-31-12-14)26-28(13)16-7-5-4-6-15(16)21(22,23)24/h4-10,12,17H,11H2,1-3H3,(H,25,30)/t17-/m0/s1. The Balaban J connectivity index is 1.93. The van der Waals surface area contributed by atoms with E-state index < -0.39 is 28.8 Å². The van der Waals surface area contributed by atoms with Gasteiger partial charge < -0.3 is 10.2 Å². The molecule has 0 saturated heterocycles. The van der Waals surface area contributed by atoms with Crippen LogP contribution in [-0.2, 0) is 6.18 Å². The normalized spacial score (nSPS) is 12.7. The summed E-state index contributed by atoms with van der Waals surface area (Å²) in [6, 6.07) is 7.79. The van der Waals surface area contributed by atoms with Crippen molar-refractivity contribution in [2.45, 2.75) is 19.1 Å². The highest BCUT2D eigenvalue weighted by atomic mass is 32.1. The minimum absolute atomic E-state index is 0.131. The molecule has 0 radical (unpaired) electrons. The third-order valence-corrected chi connectivity index (χ3v) is 5.47. The molecular weight excluding hydrogens is 429 g/mol. The van der Waals surface area contributed by atoms with Crippen molar-refractivity contribution < 1.29 is 18.0 Å². The van der Waals surface area contributed by atoms with Crippen LogP contribution in [0.15, 0.2) is 52.0 Å². The molecule has 0 fully saturated rings. The topological polar surface area (TPSA) is 67.2 Å². The number of para-hydroxylation sites is 1. The fraction of sp³-hybridized carbons (Fsp3) is 0.286. The summed E-state index contributed by atoms with van der Waals surface area (Å²) in [6.07, 6.45) is -4.62. The monoisotopic (exact) mass is 450 g/mol. The number of amides is 1. The van der Waals surface area contributed by atoms with Gasteiger partial charge in [-0.15, -0.1) is 0 Å². The molecule has 10 heteroatoms. The summed E-state index contributed by atoms with van der Waals surface area (Å²) >= 11 is 1.53. The summed E-state index contributed by atoms with van der Waals surface area (Å²) in [6.45, 7) is 1.67. The fourth-order valence-corrected chi connectivity index (χ4v) is 3.89. The summed E-state index contributed by atoms with van der Waals surface area (Å²) in [4.78, 5) is 27.0. The molecule has 2 heterocycles. The first-order valence-corrected chi connectivity index (χ1v) is 10.3. The summed E-state index contributed by atoms with van der Waals surface area (Å²) in [5, 5.41) is 10.5. The molecule has 1 atom stereocenters. The molecule has 0 aliphatic rings. The van der Waals surface area contributed by atoms with Gasteiger partial charge in [0.05, 0.1) is 17.3 Å². The van der Waals surface area contributed by atoms with Gasteiger partial charge in [0, 0.05) is 18.3 Å². The van der Waals surface area contributed by atoms with E-state index in [1.807, 2.05) is 35.8 Å². The first kappa shape index (κ1) is 22.7. The lowest BCUT2D eigenvalue weighted by Gasteiger charge is -2.24. The number of hydrogen-bond acceptors (Lipinski definition) is 5. The molecule has 3 aromatic rings. The maximum atomic E-state index is 13.4. The number of carbonyl (C=O) groups is 1. The Bertz CT molecular complexity index is 1120. The Kier molecular flexibility index (Phi) is 6.61. The number of halogens is 3. The van der Waals surface area contributed by atoms with Crippen LogP contribution < -0.4 is 10.7 Å². The molecule has 1 aromatic carbocycles. The molecule has 0 aliphatic carbocycles. The van der Waals surface area contributed by atoms with Crippen molar-refractivity contribution in [3.63, 3.8) is 0 Å². The quantitative estimate of drug-likeness (QED) is 0.623. The lowest BCUT2D eigenvalue weighted by atomic mass is 10.1. The number of aromatic nitrogens is 2. The zero-order valence-electron chi connectivity index (χ0n) is 17.1. The van der Waals surface area contributed by atoms with Gasteiger partial charge in [0.2, 0.25) is 5.43 Å². The van der Waals surface area contributed by atoms with E-state index in [9.17, 15) is 22.8 Å². The van der Waals surface area contributed by atoms with E-state index in [0.717, 1.165) is 22.4 Å². The Morgan fingerprint density at radius 3 is 2.58 bits per heavy atom. The van der Waals surface area contributed by atoms with Crippen molar-refractivity contribution in [3.05, 3.63) is 79.9 Å². The number of hydrogen-bond donors (Lipinski definition) is 1. The highest BCUT2D eigenvalue weighted by Crippen LogP contribution is 2.33. The van der Waals surface area contributed by atoms with Crippen LogP contribution in [0.4, 0.5) is 13.2 Å². The van der Waals surface area contributed by atoms with Gasteiger partial charge in [-0.25, -0.2) is 4.68 Å². The van der Waals surface area contributed by atoms with Gasteiger partial charge in [0.25, 0.3) is 5.91 Å². The summed E-state index contributed by atoms with van der Waals surface area (Å²) in [7, 11) is 3.72. The zero-order valence-corrected chi connectivity index (χ0v) is 17.9. The Morgan fingerprint density at radius 2 is 1.97 bits per heavy atom. The first-order valence-electron chi connectivity index (χ1n) is 9.34. The Morgan fingerprint density at radius 1 is 1.26 bits per heavy atom. The third-order valence-electron chi connectivity index (χ3n) is 4.77. The van der Waals surface area contributed by atoms with Gasteiger partial charge in [-0.1, -0.05) is 12.1 Å². The lowest BCUT2D eigenvalue weighted by Crippen LogP contribution is -2.37. The van der Waals surface area contributed by atoms with Crippen LogP contribution in [0.3, 0.4) is 0 Å². The van der Waals surface area contributed by atoms with Crippen LogP contribution >= 0.6 is 11.3 Å². The van der Waals surface area contributed by atoms with Gasteiger partial charge in [-0.3, -0.25) is 9.59 Å². The van der Waals surface area contributed by atoms with Crippen LogP contribution in [0.1, 0.15) is 33.4 Å². The molecule has 1 amide bonds. The van der Waals surface area contributed by atoms with E-state index in [2.05, 4.69) is 10.4 Å². The van der Waals surface area contributed by atoms with Crippen molar-refractivity contribution in [1.29, 1.82) is 0 Å². The van der Waals surface area contributed by atoms with Gasteiger partial charge in [-0.2, -0.15) is 29.6 Å². The predicted octanol–water partition coefficient (Wildman–Crippen LogP) is 3.65. The molecule has 2 aromatic heterocycles. The molecule has 164 valence electrons. The molecule has 6 nitrogen and oxygen atoms in total. The average molecular weight is 450 g/mol. The smallest absolute Gasteiger partial charge is 0.349 e. The number of nitrogens with zero attached hydrogens (tertiary/aromatic N) is 3. The molecule has 3 rings (SSSR count). The average Bonchev–Trinajstić information content (AvgIpc) is 3.21. The Labute approximate surface area is 180 Å². The van der Waals surface area contributed by atoms with E-state index in [4.69, 9.17) is 0 Å². The van der Waals surface area contributed by atoms with Gasteiger partial charge in [0.15, 0.2) is 5.69 Å². The van der Waals surface area contributed by atoms with Gasteiger partial charge in [0.1, 0.15) is 0 Å². The number of nitrogens with one attached hydrogen (secondary N) is 1. The van der Waals surface area contributed by atoms with E-state index in [-0.39, 0.29) is 24.0 Å². The number of benzene rings is 1. The van der Waals surface area contributed by atoms with Crippen LogP contribution in [-0.4, -0.2) is 41.2 Å². The first-order chi connectivity index (χ1) is 14.6. The number of alkyl halides is 3. The number of rotatable bonds is 6. The van der Waals surface area contributed by atoms with Crippen molar-refractivity contribution in [3.8, 4) is 5.69 Å². The summed E-state index contributed by atoms with van der Waals surface area (Å²) in [5.41, 5.74) is -1.11. The third kappa shape index (κ3) is 5.02. The highest BCUT2D eigenvalue weighted by Gasteiger charge is 2.34. The van der Waals surface area contributed by atoms with Crippen molar-refractivity contribution in [2.75, 3.05) is 20.6 Å². The minimum Gasteiger partial charge on any atom is -0.349 e. The van der Waals surface area contributed by atoms with E-state index in [1.54, 1.807) is 0 Å². The summed E-state index contributed by atoms with van der Waals surface area (Å²) in [5.74, 6) is -0.745. The number of carbonyl (C=O) groups excluding carboxylic acids is 1. The minimum atomic E-state index is -4.62. The number of likely N-dealkylation sites (N-methyl/N-ethyl adjacent to an activating group) is 1. The van der Waals surface area contributed by atoms with Gasteiger partial charge in [-0.05, 0) is 55.5 Å². The van der Waals surface area contributed by atoms with Crippen LogP contribution in [0.25, 0.3) is 5.69 Å². The second-order valence-corrected chi connectivity index (χ2v) is 7.95. The second-order valence-electron chi connectivity index (χ2n) is 7.17. The van der Waals surface area contributed by atoms with E-state index in [1.165, 1.54) is 36.5 Å². The molecule has 0 aliphatic heterocycles. The highest BCUT2D eigenvalue weighted by molar-refractivity contribution is 7.07. The number of thiophene rings is 1. The van der Waals surface area contributed by atoms with Crippen LogP contribution in [0, 0.1) is 6.92 Å². The van der Waals surface area contributed by atoms with Crippen LogP contribution in [0.5, 0.6) is 0 Å². The lowest BCUT2D eigenvalue weighted by molar-refractivity contribution is -0.137. The predicted molar refractivity (Wildman–Crippen MR) is 113 cm³/mol. The molecule has 0 saturated carbocycles. The van der Waals surface area contributed by atoms with Crippen molar-refractivity contribution in [2.24, 2.45) is 0 Å². The van der Waals surface area contributed by atoms with Crippen molar-refractivity contribution >= 4 is 17.2 Å². The molecular formula is C21H21F3N4O2S. The summed E-state index contributed by atoms with van der Waals surface area (Å²) < 4.78 is 41.3. The van der Waals surface area contributed by atoms with Crippen molar-refractivity contribution in [1.82, 2.24) is 20.0 Å². The SMILES string of the molecule is Cc1cc(=O)c(C(=O)NC[C@@H](c2ccsc2)N(C)C)nn1-c1ccccc1C(F)(F)F. The second kappa shape index (κ2) is 9.03. The van der Waals surface area contributed by atoms with Crippen LogP contribution in [0.2, 0.25) is 0 Å². The van der Waals surface area contributed by atoms with E-state index in [0.29, 0.717) is 0 Å². The maximum Gasteiger partial charge on any atom is 0.418 e. The zero-order chi connectivity index (χ0) is 22.8. The molecule has 1 N–H and O–H groups in total. The fourth-order valence-electron chi connectivity index (χ4n) is 3.18. The molecule has 0 bridgehead atoms. The maximum absolute atomic E-state index is 13.4. The van der Waals surface area contributed by atoms with Gasteiger partial charge >= 0.3 is 6.18 Å². The molecule has 0 unspecified atom stereocenters. The largest absolute Gasteiger partial charge is 0.418 e. The molecule has 31 heavy (non-hydrogen) atoms. The Hall–Kier alpha value is -2.98. The molecule has 0 spiro atoms.